The molecule has 0 saturated carbocycles. The Hall–Kier alpha value is -3.29. The first-order chi connectivity index (χ1) is 16.8. The number of hydrogen-bond acceptors (Lipinski definition) is 7. The minimum absolute atomic E-state index is 0.0409. The molecule has 1 aliphatic heterocycles. The summed E-state index contributed by atoms with van der Waals surface area (Å²) < 4.78 is 10.7. The van der Waals surface area contributed by atoms with Crippen LogP contribution in [0.3, 0.4) is 0 Å². The van der Waals surface area contributed by atoms with Crippen molar-refractivity contribution in [1.82, 2.24) is 5.32 Å². The maximum absolute atomic E-state index is 13.0. The molecule has 0 spiro atoms. The van der Waals surface area contributed by atoms with Crippen molar-refractivity contribution in [2.24, 2.45) is 5.92 Å². The largest absolute Gasteiger partial charge is 0.496 e. The second kappa shape index (κ2) is 11.9. The number of aryl methyl sites for hydroxylation is 1. The average Bonchev–Trinajstić information content (AvgIpc) is 2.86. The van der Waals surface area contributed by atoms with Gasteiger partial charge in [0.25, 0.3) is 0 Å². The van der Waals surface area contributed by atoms with Gasteiger partial charge in [0.15, 0.2) is 0 Å². The molecule has 0 fully saturated rings. The van der Waals surface area contributed by atoms with Crippen LogP contribution in [0.5, 0.6) is 5.75 Å². The lowest BCUT2D eigenvalue weighted by Crippen LogP contribution is -2.44. The number of thioether (sulfide) groups is 1. The summed E-state index contributed by atoms with van der Waals surface area (Å²) >= 11 is 4.45. The molecule has 8 nitrogen and oxygen atoms in total. The summed E-state index contributed by atoms with van der Waals surface area (Å²) in [6, 6.07) is 14.7. The quantitative estimate of drug-likeness (QED) is 0.370. The lowest BCUT2D eigenvalue weighted by Gasteiger charge is -2.31. The molecule has 35 heavy (non-hydrogen) atoms. The van der Waals surface area contributed by atoms with Gasteiger partial charge < -0.3 is 20.1 Å². The zero-order chi connectivity index (χ0) is 25.5. The van der Waals surface area contributed by atoms with Gasteiger partial charge in [0.05, 0.1) is 41.1 Å². The summed E-state index contributed by atoms with van der Waals surface area (Å²) in [6.45, 7) is 2.00. The third kappa shape index (κ3) is 5.86. The van der Waals surface area contributed by atoms with Gasteiger partial charge in [0.1, 0.15) is 11.7 Å². The van der Waals surface area contributed by atoms with E-state index in [1.807, 2.05) is 31.2 Å². The monoisotopic (exact) mass is 557 g/mol. The Morgan fingerprint density at radius 1 is 1.23 bits per heavy atom. The Morgan fingerprint density at radius 3 is 2.60 bits per heavy atom. The third-order valence-corrected chi connectivity index (χ3v) is 7.18. The molecule has 2 amide bonds. The van der Waals surface area contributed by atoms with Gasteiger partial charge in [0.2, 0.25) is 11.8 Å². The second-order valence-corrected chi connectivity index (χ2v) is 9.40. The van der Waals surface area contributed by atoms with Gasteiger partial charge in [-0.2, -0.15) is 5.26 Å². The molecular formula is C25H24BrN3O5S. The molecule has 2 aromatic carbocycles. The molecule has 0 radical (unpaired) electrons. The number of para-hydroxylation sites is 1. The maximum Gasteiger partial charge on any atom is 0.319 e. The predicted octanol–water partition coefficient (Wildman–Crippen LogP) is 4.13. The van der Waals surface area contributed by atoms with Crippen molar-refractivity contribution in [1.29, 1.82) is 5.26 Å². The molecule has 0 bridgehead atoms. The van der Waals surface area contributed by atoms with Gasteiger partial charge in [-0.1, -0.05) is 43.0 Å². The van der Waals surface area contributed by atoms with E-state index in [1.165, 1.54) is 14.2 Å². The van der Waals surface area contributed by atoms with E-state index >= 15 is 0 Å². The number of esters is 1. The molecular weight excluding hydrogens is 534 g/mol. The lowest BCUT2D eigenvalue weighted by atomic mass is 9.78. The number of nitriles is 1. The molecule has 3 rings (SSSR count). The molecule has 2 aromatic rings. The van der Waals surface area contributed by atoms with E-state index < -0.39 is 23.7 Å². The van der Waals surface area contributed by atoms with Crippen LogP contribution in [0.25, 0.3) is 0 Å². The first-order valence-electron chi connectivity index (χ1n) is 10.7. The highest BCUT2D eigenvalue weighted by Crippen LogP contribution is 2.42. The van der Waals surface area contributed by atoms with Crippen molar-refractivity contribution < 1.29 is 23.9 Å². The Kier molecular flexibility index (Phi) is 8.95. The van der Waals surface area contributed by atoms with Gasteiger partial charge >= 0.3 is 5.97 Å². The molecule has 1 aliphatic rings. The number of ether oxygens (including phenoxy) is 2. The van der Waals surface area contributed by atoms with Gasteiger partial charge in [-0.25, -0.2) is 0 Å². The number of nitrogens with zero attached hydrogens (tertiary/aromatic N) is 1. The van der Waals surface area contributed by atoms with Crippen molar-refractivity contribution in [2.75, 3.05) is 25.3 Å². The van der Waals surface area contributed by atoms with Crippen molar-refractivity contribution in [3.8, 4) is 11.8 Å². The molecule has 2 N–H and O–H groups in total. The number of halogens is 1. The summed E-state index contributed by atoms with van der Waals surface area (Å²) in [5, 5.41) is 15.8. The van der Waals surface area contributed by atoms with E-state index in [4.69, 9.17) is 9.47 Å². The highest BCUT2D eigenvalue weighted by molar-refractivity contribution is 9.10. The van der Waals surface area contributed by atoms with E-state index in [1.54, 1.807) is 18.2 Å². The number of rotatable bonds is 8. The third-order valence-electron chi connectivity index (χ3n) is 5.54. The molecule has 0 aromatic heterocycles. The van der Waals surface area contributed by atoms with Crippen LogP contribution >= 0.6 is 27.7 Å². The number of methoxy groups -OCH3 is 2. The molecule has 2 atom stereocenters. The zero-order valence-corrected chi connectivity index (χ0v) is 21.8. The van der Waals surface area contributed by atoms with Crippen LogP contribution in [0.4, 0.5) is 5.69 Å². The number of nitrogens with one attached hydrogen (secondary N) is 2. The number of amides is 2. The van der Waals surface area contributed by atoms with Crippen molar-refractivity contribution >= 4 is 51.2 Å². The standard InChI is InChI=1S/C25H24BrN3O5S/c1-4-14-7-5-6-8-18(14)28-20(30)13-35-24-16(12-27)21(22(23(31)29-24)25(32)34-3)15-9-10-19(33-2)17(26)11-15/h5-11,21-22H,4,13H2,1-3H3,(H,28,30)(H,29,31)/t21-,22-/m0/s1. The fraction of sp³-hybridized carbons (Fsp3) is 0.280. The minimum Gasteiger partial charge on any atom is -0.496 e. The Bertz CT molecular complexity index is 1220. The van der Waals surface area contributed by atoms with Crippen molar-refractivity contribution in [2.45, 2.75) is 19.3 Å². The Balaban J connectivity index is 1.93. The number of carbonyl (C=O) groups excluding carboxylic acids is 3. The van der Waals surface area contributed by atoms with E-state index in [9.17, 15) is 19.6 Å². The summed E-state index contributed by atoms with van der Waals surface area (Å²) in [5.74, 6) is -3.28. The van der Waals surface area contributed by atoms with Crippen molar-refractivity contribution in [3.63, 3.8) is 0 Å². The van der Waals surface area contributed by atoms with E-state index in [2.05, 4.69) is 32.6 Å². The van der Waals surface area contributed by atoms with Gasteiger partial charge in [-0.05, 0) is 51.7 Å². The van der Waals surface area contributed by atoms with Crippen LogP contribution in [-0.2, 0) is 25.5 Å². The number of benzene rings is 2. The summed E-state index contributed by atoms with van der Waals surface area (Å²) in [5.41, 5.74) is 2.44. The Morgan fingerprint density at radius 2 is 1.97 bits per heavy atom. The minimum atomic E-state index is -1.26. The first-order valence-corrected chi connectivity index (χ1v) is 12.5. The highest BCUT2D eigenvalue weighted by Gasteiger charge is 2.44. The number of allylic oxidation sites excluding steroid dienone is 1. The summed E-state index contributed by atoms with van der Waals surface area (Å²) in [7, 11) is 2.71. The number of hydrogen-bond donors (Lipinski definition) is 2. The SMILES string of the molecule is CCc1ccccc1NC(=O)CSC1=C(C#N)[C@H](c2ccc(OC)c(Br)c2)[C@H](C(=O)OC)C(=O)N1. The topological polar surface area (TPSA) is 118 Å². The van der Waals surface area contributed by atoms with Crippen molar-refractivity contribution in [3.05, 3.63) is 68.7 Å². The first kappa shape index (κ1) is 26.3. The maximum atomic E-state index is 13.0. The highest BCUT2D eigenvalue weighted by atomic mass is 79.9. The van der Waals surface area contributed by atoms with Crippen LogP contribution in [-0.4, -0.2) is 37.8 Å². The molecule has 0 saturated heterocycles. The normalized spacial score (nSPS) is 17.3. The van der Waals surface area contributed by atoms with Crippen LogP contribution in [0.1, 0.15) is 24.0 Å². The van der Waals surface area contributed by atoms with E-state index in [-0.39, 0.29) is 22.3 Å². The van der Waals surface area contributed by atoms with Gasteiger partial charge in [-0.3, -0.25) is 14.4 Å². The fourth-order valence-electron chi connectivity index (χ4n) is 3.83. The summed E-state index contributed by atoms with van der Waals surface area (Å²) in [4.78, 5) is 38.2. The Labute approximate surface area is 216 Å². The number of carbonyl (C=O) groups is 3. The smallest absolute Gasteiger partial charge is 0.319 e. The zero-order valence-electron chi connectivity index (χ0n) is 19.4. The van der Waals surface area contributed by atoms with Crippen LogP contribution in [0.15, 0.2) is 57.5 Å². The van der Waals surface area contributed by atoms with E-state index in [0.717, 1.165) is 29.4 Å². The molecule has 0 aliphatic carbocycles. The van der Waals surface area contributed by atoms with Crippen LogP contribution in [0.2, 0.25) is 0 Å². The lowest BCUT2D eigenvalue weighted by molar-refractivity contribution is -0.150. The number of anilines is 1. The fourth-order valence-corrected chi connectivity index (χ4v) is 5.24. The van der Waals surface area contributed by atoms with Crippen LogP contribution in [0, 0.1) is 17.2 Å². The predicted molar refractivity (Wildman–Crippen MR) is 137 cm³/mol. The molecule has 182 valence electrons. The molecule has 10 heteroatoms. The van der Waals surface area contributed by atoms with Gasteiger partial charge in [-0.15, -0.1) is 0 Å². The molecule has 0 unspecified atom stereocenters. The van der Waals surface area contributed by atoms with E-state index in [0.29, 0.717) is 15.8 Å². The van der Waals surface area contributed by atoms with Gasteiger partial charge in [0, 0.05) is 11.6 Å². The summed E-state index contributed by atoms with van der Waals surface area (Å²) in [6.07, 6.45) is 0.761. The second-order valence-electron chi connectivity index (χ2n) is 7.56. The van der Waals surface area contributed by atoms with Crippen LogP contribution < -0.4 is 15.4 Å². The molecule has 1 heterocycles. The average molecular weight is 558 g/mol.